The quantitative estimate of drug-likeness (QED) is 0.400. The van der Waals surface area contributed by atoms with E-state index in [0.717, 1.165) is 16.9 Å². The number of carbonyl (C=O) groups excluding carboxylic acids is 1. The van der Waals surface area contributed by atoms with Crippen LogP contribution in [0.4, 0.5) is 0 Å². The molecule has 0 radical (unpaired) electrons. The van der Waals surface area contributed by atoms with E-state index in [9.17, 15) is 4.79 Å². The second kappa shape index (κ2) is 8.62. The minimum absolute atomic E-state index is 0.193. The molecule has 0 saturated carbocycles. The van der Waals surface area contributed by atoms with E-state index in [0.29, 0.717) is 21.8 Å². The number of ether oxygens (including phenoxy) is 1. The molecule has 0 atom stereocenters. The highest BCUT2D eigenvalue weighted by atomic mass is 35.5. The summed E-state index contributed by atoms with van der Waals surface area (Å²) in [6.07, 6.45) is 1.76. The maximum absolute atomic E-state index is 11.7. The van der Waals surface area contributed by atoms with Crippen LogP contribution in [0, 0.1) is 0 Å². The molecule has 0 aliphatic rings. The maximum atomic E-state index is 11.7. The standard InChI is InChI=1S/C19H16Cl2N2O2S/c1-2-25-18(24)12-26-19-22-11-17(13-8-9-15(20)16(21)10-13)23(19)14-6-4-3-5-7-14/h3-11H,2,12H2,1H3. The van der Waals surface area contributed by atoms with Crippen LogP contribution in [0.25, 0.3) is 16.9 Å². The number of carbonyl (C=O) groups is 1. The van der Waals surface area contributed by atoms with Crippen LogP contribution in [0.15, 0.2) is 59.9 Å². The van der Waals surface area contributed by atoms with Gasteiger partial charge in [0.05, 0.1) is 34.3 Å². The lowest BCUT2D eigenvalue weighted by Gasteiger charge is -2.12. The number of benzene rings is 2. The molecule has 0 aliphatic carbocycles. The van der Waals surface area contributed by atoms with Gasteiger partial charge in [-0.15, -0.1) is 0 Å². The molecule has 4 nitrogen and oxygen atoms in total. The van der Waals surface area contributed by atoms with E-state index < -0.39 is 0 Å². The van der Waals surface area contributed by atoms with Crippen molar-refractivity contribution in [2.24, 2.45) is 0 Å². The van der Waals surface area contributed by atoms with Gasteiger partial charge in [0.25, 0.3) is 0 Å². The van der Waals surface area contributed by atoms with Gasteiger partial charge < -0.3 is 4.74 Å². The fourth-order valence-electron chi connectivity index (χ4n) is 2.45. The zero-order chi connectivity index (χ0) is 18.5. The summed E-state index contributed by atoms with van der Waals surface area (Å²) in [4.78, 5) is 16.2. The van der Waals surface area contributed by atoms with Gasteiger partial charge in [0.15, 0.2) is 5.16 Å². The third-order valence-electron chi connectivity index (χ3n) is 3.58. The summed E-state index contributed by atoms with van der Waals surface area (Å²) in [5, 5.41) is 1.68. The summed E-state index contributed by atoms with van der Waals surface area (Å²) in [6.45, 7) is 2.15. The number of thioether (sulfide) groups is 1. The van der Waals surface area contributed by atoms with Crippen LogP contribution in [0.5, 0.6) is 0 Å². The van der Waals surface area contributed by atoms with E-state index >= 15 is 0 Å². The molecule has 3 rings (SSSR count). The first-order chi connectivity index (χ1) is 12.6. The number of hydrogen-bond donors (Lipinski definition) is 0. The van der Waals surface area contributed by atoms with Crippen molar-refractivity contribution in [3.8, 4) is 16.9 Å². The third-order valence-corrected chi connectivity index (χ3v) is 5.25. The number of nitrogens with zero attached hydrogens (tertiary/aromatic N) is 2. The number of aromatic nitrogens is 2. The van der Waals surface area contributed by atoms with Gasteiger partial charge >= 0.3 is 5.97 Å². The Balaban J connectivity index is 2.02. The van der Waals surface area contributed by atoms with Crippen molar-refractivity contribution in [1.82, 2.24) is 9.55 Å². The largest absolute Gasteiger partial charge is 0.465 e. The van der Waals surface area contributed by atoms with Gasteiger partial charge in [-0.05, 0) is 31.2 Å². The number of para-hydroxylation sites is 1. The number of halogens is 2. The zero-order valence-corrected chi connectivity index (χ0v) is 16.3. The maximum Gasteiger partial charge on any atom is 0.316 e. The molecule has 7 heteroatoms. The average Bonchev–Trinajstić information content (AvgIpc) is 3.07. The van der Waals surface area contributed by atoms with Crippen LogP contribution < -0.4 is 0 Å². The lowest BCUT2D eigenvalue weighted by Crippen LogP contribution is -2.08. The first kappa shape index (κ1) is 18.8. The fourth-order valence-corrected chi connectivity index (χ4v) is 3.54. The summed E-state index contributed by atoms with van der Waals surface area (Å²) in [5.74, 6) is -0.0745. The molecule has 3 aromatic rings. The molecule has 1 heterocycles. The molecular formula is C19H16Cl2N2O2S. The number of rotatable bonds is 6. The summed E-state index contributed by atoms with van der Waals surface area (Å²) in [6, 6.07) is 15.3. The van der Waals surface area contributed by atoms with Crippen LogP contribution in [0.3, 0.4) is 0 Å². The summed E-state index contributed by atoms with van der Waals surface area (Å²) < 4.78 is 6.99. The first-order valence-corrected chi connectivity index (χ1v) is 9.71. The van der Waals surface area contributed by atoms with E-state index in [1.807, 2.05) is 41.0 Å². The first-order valence-electron chi connectivity index (χ1n) is 7.97. The highest BCUT2D eigenvalue weighted by Crippen LogP contribution is 2.33. The molecule has 2 aromatic carbocycles. The van der Waals surface area contributed by atoms with Gasteiger partial charge in [0, 0.05) is 11.3 Å². The van der Waals surface area contributed by atoms with Crippen molar-refractivity contribution < 1.29 is 9.53 Å². The van der Waals surface area contributed by atoms with E-state index in [2.05, 4.69) is 4.98 Å². The molecular weight excluding hydrogens is 391 g/mol. The smallest absolute Gasteiger partial charge is 0.316 e. The third kappa shape index (κ3) is 4.23. The highest BCUT2D eigenvalue weighted by Gasteiger charge is 2.16. The summed E-state index contributed by atoms with van der Waals surface area (Å²) in [5.41, 5.74) is 2.69. The Hall–Kier alpha value is -1.95. The Morgan fingerprint density at radius 1 is 1.15 bits per heavy atom. The Kier molecular flexibility index (Phi) is 6.25. The van der Waals surface area contributed by atoms with Gasteiger partial charge in [-0.25, -0.2) is 4.98 Å². The van der Waals surface area contributed by atoms with E-state index in [1.54, 1.807) is 25.3 Å². The molecule has 0 bridgehead atoms. The second-order valence-corrected chi connectivity index (χ2v) is 7.08. The molecule has 0 amide bonds. The lowest BCUT2D eigenvalue weighted by molar-refractivity contribution is -0.139. The zero-order valence-electron chi connectivity index (χ0n) is 14.0. The molecule has 0 aliphatic heterocycles. The molecule has 0 N–H and O–H groups in total. The minimum Gasteiger partial charge on any atom is -0.465 e. The van der Waals surface area contributed by atoms with Crippen LogP contribution in [-0.4, -0.2) is 27.9 Å². The van der Waals surface area contributed by atoms with Crippen molar-refractivity contribution in [2.75, 3.05) is 12.4 Å². The predicted molar refractivity (Wildman–Crippen MR) is 106 cm³/mol. The number of esters is 1. The van der Waals surface area contributed by atoms with Crippen molar-refractivity contribution in [3.05, 3.63) is 64.8 Å². The summed E-state index contributed by atoms with van der Waals surface area (Å²) >= 11 is 13.5. The van der Waals surface area contributed by atoms with E-state index in [-0.39, 0.29) is 11.7 Å². The predicted octanol–water partition coefficient (Wildman–Crippen LogP) is 5.50. The Morgan fingerprint density at radius 3 is 2.62 bits per heavy atom. The number of imidazole rings is 1. The SMILES string of the molecule is CCOC(=O)CSc1ncc(-c2ccc(Cl)c(Cl)c2)n1-c1ccccc1. The highest BCUT2D eigenvalue weighted by molar-refractivity contribution is 7.99. The van der Waals surface area contributed by atoms with Crippen molar-refractivity contribution in [3.63, 3.8) is 0 Å². The normalized spacial score (nSPS) is 10.7. The molecule has 0 fully saturated rings. The van der Waals surface area contributed by atoms with Gasteiger partial charge in [-0.2, -0.15) is 0 Å². The van der Waals surface area contributed by atoms with E-state index in [4.69, 9.17) is 27.9 Å². The molecule has 0 spiro atoms. The van der Waals surface area contributed by atoms with Crippen molar-refractivity contribution in [2.45, 2.75) is 12.1 Å². The monoisotopic (exact) mass is 406 g/mol. The minimum atomic E-state index is -0.267. The van der Waals surface area contributed by atoms with Gasteiger partial charge in [0.1, 0.15) is 0 Å². The molecule has 134 valence electrons. The van der Waals surface area contributed by atoms with Crippen LogP contribution >= 0.6 is 35.0 Å². The fraction of sp³-hybridized carbons (Fsp3) is 0.158. The van der Waals surface area contributed by atoms with Gasteiger partial charge in [-0.1, -0.05) is 59.2 Å². The Bertz CT molecular complexity index is 913. The van der Waals surface area contributed by atoms with Crippen molar-refractivity contribution >= 4 is 40.9 Å². The van der Waals surface area contributed by atoms with Gasteiger partial charge in [-0.3, -0.25) is 9.36 Å². The van der Waals surface area contributed by atoms with Crippen LogP contribution in [0.2, 0.25) is 10.0 Å². The van der Waals surface area contributed by atoms with E-state index in [1.165, 1.54) is 11.8 Å². The molecule has 0 unspecified atom stereocenters. The second-order valence-electron chi connectivity index (χ2n) is 5.32. The van der Waals surface area contributed by atoms with Crippen molar-refractivity contribution in [1.29, 1.82) is 0 Å². The van der Waals surface area contributed by atoms with Gasteiger partial charge in [0.2, 0.25) is 0 Å². The van der Waals surface area contributed by atoms with Crippen LogP contribution in [-0.2, 0) is 9.53 Å². The number of hydrogen-bond acceptors (Lipinski definition) is 4. The lowest BCUT2D eigenvalue weighted by atomic mass is 10.1. The topological polar surface area (TPSA) is 44.1 Å². The Labute approximate surface area is 166 Å². The molecule has 1 aromatic heterocycles. The summed E-state index contributed by atoms with van der Waals surface area (Å²) in [7, 11) is 0. The van der Waals surface area contributed by atoms with Crippen LogP contribution in [0.1, 0.15) is 6.92 Å². The molecule has 0 saturated heterocycles. The Morgan fingerprint density at radius 2 is 1.92 bits per heavy atom. The molecule has 26 heavy (non-hydrogen) atoms. The average molecular weight is 407 g/mol.